The molecule has 2 fully saturated rings. The van der Waals surface area contributed by atoms with Gasteiger partial charge in [-0.15, -0.1) is 0 Å². The molecule has 0 spiro atoms. The maximum absolute atomic E-state index is 13.2. The highest BCUT2D eigenvalue weighted by Crippen LogP contribution is 2.35. The van der Waals surface area contributed by atoms with Gasteiger partial charge in [0.15, 0.2) is 0 Å². The summed E-state index contributed by atoms with van der Waals surface area (Å²) in [5.41, 5.74) is 0. The highest BCUT2D eigenvalue weighted by molar-refractivity contribution is 4.87. The Morgan fingerprint density at radius 2 is 1.82 bits per heavy atom. The predicted octanol–water partition coefficient (Wildman–Crippen LogP) is 1.73. The Balaban J connectivity index is 1.92. The van der Waals surface area contributed by atoms with Crippen LogP contribution in [0, 0.1) is 11.8 Å². The molecule has 11 heavy (non-hydrogen) atoms. The van der Waals surface area contributed by atoms with E-state index in [4.69, 9.17) is 0 Å². The lowest BCUT2D eigenvalue weighted by Crippen LogP contribution is -2.21. The number of halogens is 1. The van der Waals surface area contributed by atoms with Gasteiger partial charge in [0.1, 0.15) is 6.17 Å². The first-order valence-electron chi connectivity index (χ1n) is 4.72. The molecule has 0 aromatic heterocycles. The van der Waals surface area contributed by atoms with Gasteiger partial charge >= 0.3 is 0 Å². The van der Waals surface area contributed by atoms with Gasteiger partial charge in [0, 0.05) is 19.0 Å². The molecule has 2 rings (SSSR count). The summed E-state index contributed by atoms with van der Waals surface area (Å²) in [6, 6.07) is 0. The third-order valence-corrected chi connectivity index (χ3v) is 3.19. The van der Waals surface area contributed by atoms with E-state index in [1.165, 1.54) is 25.7 Å². The second kappa shape index (κ2) is 3.10. The lowest BCUT2D eigenvalue weighted by molar-refractivity contribution is 0.216. The molecule has 1 N–H and O–H groups in total. The Kier molecular flexibility index (Phi) is 2.12. The Labute approximate surface area is 67.4 Å². The molecule has 1 heterocycles. The molecule has 2 aliphatic rings. The van der Waals surface area contributed by atoms with Crippen LogP contribution >= 0.6 is 0 Å². The van der Waals surface area contributed by atoms with Crippen LogP contribution in [0.2, 0.25) is 0 Å². The van der Waals surface area contributed by atoms with Crippen LogP contribution in [0.15, 0.2) is 0 Å². The third kappa shape index (κ3) is 1.41. The molecular formula is C9H16FN. The second-order valence-corrected chi connectivity index (χ2v) is 3.88. The molecule has 1 aliphatic carbocycles. The summed E-state index contributed by atoms with van der Waals surface area (Å²) in [7, 11) is 0. The summed E-state index contributed by atoms with van der Waals surface area (Å²) in [5, 5.41) is 3.12. The lowest BCUT2D eigenvalue weighted by Gasteiger charge is -2.18. The standard InChI is InChI=1S/C9H16FN/c10-9-6-11-5-8(9)7-3-1-2-4-7/h7-9,11H,1-6H2/t8-,9+/m1/s1. The molecule has 1 aliphatic heterocycles. The van der Waals surface area contributed by atoms with Crippen LogP contribution in [-0.2, 0) is 0 Å². The van der Waals surface area contributed by atoms with Crippen LogP contribution in [0.3, 0.4) is 0 Å². The van der Waals surface area contributed by atoms with Gasteiger partial charge in [-0.05, 0) is 5.92 Å². The number of alkyl halides is 1. The fourth-order valence-corrected chi connectivity index (χ4v) is 2.51. The van der Waals surface area contributed by atoms with Crippen LogP contribution < -0.4 is 5.32 Å². The Morgan fingerprint density at radius 1 is 1.09 bits per heavy atom. The van der Waals surface area contributed by atoms with Crippen molar-refractivity contribution in [2.45, 2.75) is 31.9 Å². The molecule has 0 bridgehead atoms. The Hall–Kier alpha value is -0.110. The molecule has 0 unspecified atom stereocenters. The third-order valence-electron chi connectivity index (χ3n) is 3.19. The van der Waals surface area contributed by atoms with E-state index in [0.29, 0.717) is 18.4 Å². The summed E-state index contributed by atoms with van der Waals surface area (Å²) in [6.45, 7) is 1.52. The number of rotatable bonds is 1. The average molecular weight is 157 g/mol. The number of hydrogen-bond acceptors (Lipinski definition) is 1. The summed E-state index contributed by atoms with van der Waals surface area (Å²) in [4.78, 5) is 0. The molecule has 1 saturated heterocycles. The van der Waals surface area contributed by atoms with E-state index >= 15 is 0 Å². The minimum absolute atomic E-state index is 0.345. The number of nitrogens with one attached hydrogen (secondary N) is 1. The second-order valence-electron chi connectivity index (χ2n) is 3.88. The van der Waals surface area contributed by atoms with E-state index in [2.05, 4.69) is 5.32 Å². The van der Waals surface area contributed by atoms with Crippen LogP contribution in [0.25, 0.3) is 0 Å². The first kappa shape index (κ1) is 7.53. The van der Waals surface area contributed by atoms with E-state index in [0.717, 1.165) is 6.54 Å². The van der Waals surface area contributed by atoms with Crippen molar-refractivity contribution in [1.82, 2.24) is 5.32 Å². The van der Waals surface area contributed by atoms with Gasteiger partial charge in [0.05, 0.1) is 0 Å². The van der Waals surface area contributed by atoms with Crippen molar-refractivity contribution in [2.24, 2.45) is 11.8 Å². The topological polar surface area (TPSA) is 12.0 Å². The maximum Gasteiger partial charge on any atom is 0.117 e. The van der Waals surface area contributed by atoms with Crippen LogP contribution in [0.4, 0.5) is 4.39 Å². The van der Waals surface area contributed by atoms with Gasteiger partial charge in [-0.1, -0.05) is 25.7 Å². The molecule has 0 radical (unpaired) electrons. The molecule has 2 atom stereocenters. The van der Waals surface area contributed by atoms with Crippen molar-refractivity contribution in [1.29, 1.82) is 0 Å². The SMILES string of the molecule is F[C@H]1CNC[C@@H]1C1CCCC1. The summed E-state index contributed by atoms with van der Waals surface area (Å²) < 4.78 is 13.2. The molecule has 2 heteroatoms. The van der Waals surface area contributed by atoms with Crippen molar-refractivity contribution in [3.05, 3.63) is 0 Å². The van der Waals surface area contributed by atoms with Gasteiger partial charge in [0.2, 0.25) is 0 Å². The van der Waals surface area contributed by atoms with Gasteiger partial charge in [-0.2, -0.15) is 0 Å². The van der Waals surface area contributed by atoms with E-state index in [-0.39, 0.29) is 0 Å². The highest BCUT2D eigenvalue weighted by Gasteiger charge is 2.34. The number of hydrogen-bond donors (Lipinski definition) is 1. The van der Waals surface area contributed by atoms with Crippen molar-refractivity contribution < 1.29 is 4.39 Å². The molecule has 1 nitrogen and oxygen atoms in total. The van der Waals surface area contributed by atoms with E-state index in [9.17, 15) is 4.39 Å². The average Bonchev–Trinajstić information content (AvgIpc) is 2.55. The summed E-state index contributed by atoms with van der Waals surface area (Å²) in [6.07, 6.45) is 4.64. The fourth-order valence-electron chi connectivity index (χ4n) is 2.51. The molecular weight excluding hydrogens is 141 g/mol. The maximum atomic E-state index is 13.2. The van der Waals surface area contributed by atoms with E-state index in [1.807, 2.05) is 0 Å². The van der Waals surface area contributed by atoms with Crippen LogP contribution in [0.5, 0.6) is 0 Å². The van der Waals surface area contributed by atoms with E-state index < -0.39 is 6.17 Å². The van der Waals surface area contributed by atoms with Gasteiger partial charge in [0.25, 0.3) is 0 Å². The first-order chi connectivity index (χ1) is 5.38. The molecule has 0 amide bonds. The molecule has 0 aromatic rings. The van der Waals surface area contributed by atoms with Gasteiger partial charge in [-0.25, -0.2) is 4.39 Å². The summed E-state index contributed by atoms with van der Waals surface area (Å²) in [5.74, 6) is 1.04. The van der Waals surface area contributed by atoms with Crippen molar-refractivity contribution in [3.8, 4) is 0 Å². The Morgan fingerprint density at radius 3 is 2.36 bits per heavy atom. The molecule has 0 aromatic carbocycles. The van der Waals surface area contributed by atoms with Gasteiger partial charge < -0.3 is 5.32 Å². The largest absolute Gasteiger partial charge is 0.313 e. The minimum atomic E-state index is -0.557. The Bertz CT molecular complexity index is 132. The minimum Gasteiger partial charge on any atom is -0.313 e. The zero-order valence-corrected chi connectivity index (χ0v) is 6.85. The molecule has 1 saturated carbocycles. The predicted molar refractivity (Wildman–Crippen MR) is 43.2 cm³/mol. The summed E-state index contributed by atoms with van der Waals surface area (Å²) >= 11 is 0. The smallest absolute Gasteiger partial charge is 0.117 e. The molecule has 64 valence electrons. The quantitative estimate of drug-likeness (QED) is 0.611. The van der Waals surface area contributed by atoms with Crippen LogP contribution in [0.1, 0.15) is 25.7 Å². The van der Waals surface area contributed by atoms with Crippen molar-refractivity contribution in [3.63, 3.8) is 0 Å². The van der Waals surface area contributed by atoms with Crippen molar-refractivity contribution >= 4 is 0 Å². The van der Waals surface area contributed by atoms with Crippen LogP contribution in [-0.4, -0.2) is 19.3 Å². The first-order valence-corrected chi connectivity index (χ1v) is 4.72. The van der Waals surface area contributed by atoms with E-state index in [1.54, 1.807) is 0 Å². The van der Waals surface area contributed by atoms with Crippen molar-refractivity contribution in [2.75, 3.05) is 13.1 Å². The highest BCUT2D eigenvalue weighted by atomic mass is 19.1. The normalized spacial score (nSPS) is 40.1. The zero-order valence-electron chi connectivity index (χ0n) is 6.85. The zero-order chi connectivity index (χ0) is 7.68. The van der Waals surface area contributed by atoms with Gasteiger partial charge in [-0.3, -0.25) is 0 Å². The lowest BCUT2D eigenvalue weighted by atomic mass is 9.89. The monoisotopic (exact) mass is 157 g/mol. The fraction of sp³-hybridized carbons (Fsp3) is 1.00.